The molecule has 2 rings (SSSR count). The van der Waals surface area contributed by atoms with Gasteiger partial charge in [0.25, 0.3) is 11.5 Å². The van der Waals surface area contributed by atoms with Crippen LogP contribution < -0.4 is 21.7 Å². The highest BCUT2D eigenvalue weighted by atomic mass is 32.1. The number of hydrogen-bond donors (Lipinski definition) is 3. The van der Waals surface area contributed by atoms with Crippen molar-refractivity contribution in [1.29, 1.82) is 0 Å². The fourth-order valence-electron chi connectivity index (χ4n) is 2.42. The van der Waals surface area contributed by atoms with Gasteiger partial charge in [-0.3, -0.25) is 20.4 Å². The fraction of sp³-hybridized carbons (Fsp3) is 0.444. The van der Waals surface area contributed by atoms with E-state index in [0.717, 1.165) is 6.42 Å². The molecule has 0 spiro atoms. The molecular formula is C18H25N5O3S. The molecule has 0 bridgehead atoms. The molecule has 0 saturated carbocycles. The third-order valence-electron chi connectivity index (χ3n) is 3.88. The molecule has 0 aliphatic heterocycles. The Morgan fingerprint density at radius 1 is 1.26 bits per heavy atom. The van der Waals surface area contributed by atoms with Gasteiger partial charge in [0, 0.05) is 25.6 Å². The summed E-state index contributed by atoms with van der Waals surface area (Å²) in [7, 11) is 1.59. The fourth-order valence-corrected chi connectivity index (χ4v) is 2.57. The molecule has 9 heteroatoms. The van der Waals surface area contributed by atoms with E-state index in [9.17, 15) is 9.59 Å². The first-order valence-electron chi connectivity index (χ1n) is 8.77. The van der Waals surface area contributed by atoms with Gasteiger partial charge < -0.3 is 10.1 Å². The van der Waals surface area contributed by atoms with Crippen LogP contribution in [-0.4, -0.2) is 41.1 Å². The molecule has 27 heavy (non-hydrogen) atoms. The van der Waals surface area contributed by atoms with Crippen LogP contribution in [0.2, 0.25) is 0 Å². The number of carbonyl (C=O) groups is 1. The van der Waals surface area contributed by atoms with Gasteiger partial charge in [-0.2, -0.15) is 5.10 Å². The largest absolute Gasteiger partial charge is 0.383 e. The highest BCUT2D eigenvalue weighted by molar-refractivity contribution is 7.80. The number of nitrogens with one attached hydrogen (secondary N) is 3. The maximum absolute atomic E-state index is 12.6. The van der Waals surface area contributed by atoms with Crippen molar-refractivity contribution in [2.45, 2.75) is 26.8 Å². The summed E-state index contributed by atoms with van der Waals surface area (Å²) in [4.78, 5) is 25.3. The lowest BCUT2D eigenvalue weighted by Gasteiger charge is -2.14. The average molecular weight is 391 g/mol. The Balaban J connectivity index is 2.22. The Bertz CT molecular complexity index is 866. The van der Waals surface area contributed by atoms with Gasteiger partial charge in [-0.15, -0.1) is 0 Å². The van der Waals surface area contributed by atoms with Gasteiger partial charge in [-0.25, -0.2) is 4.68 Å². The number of fused-ring (bicyclic) bond motifs is 1. The third-order valence-corrected chi connectivity index (χ3v) is 4.13. The summed E-state index contributed by atoms with van der Waals surface area (Å²) in [5, 5.41) is 8.40. The molecule has 146 valence electrons. The summed E-state index contributed by atoms with van der Waals surface area (Å²) in [6, 6.07) is 6.95. The predicted molar refractivity (Wildman–Crippen MR) is 109 cm³/mol. The maximum Gasteiger partial charge on any atom is 0.290 e. The first-order chi connectivity index (χ1) is 12.9. The van der Waals surface area contributed by atoms with E-state index in [1.165, 1.54) is 4.68 Å². The van der Waals surface area contributed by atoms with Crippen molar-refractivity contribution < 1.29 is 9.53 Å². The van der Waals surface area contributed by atoms with Crippen LogP contribution in [0.25, 0.3) is 10.8 Å². The van der Waals surface area contributed by atoms with E-state index >= 15 is 0 Å². The minimum absolute atomic E-state index is 0.168. The van der Waals surface area contributed by atoms with Crippen molar-refractivity contribution in [3.05, 3.63) is 40.3 Å². The molecule has 1 aromatic heterocycles. The lowest BCUT2D eigenvalue weighted by Crippen LogP contribution is -2.48. The van der Waals surface area contributed by atoms with Crippen molar-refractivity contribution in [3.8, 4) is 0 Å². The van der Waals surface area contributed by atoms with E-state index in [4.69, 9.17) is 17.0 Å². The average Bonchev–Trinajstić information content (AvgIpc) is 2.66. The molecule has 0 aliphatic carbocycles. The number of thiocarbonyl (C=S) groups is 1. The number of hydrazine groups is 1. The number of benzene rings is 1. The molecule has 0 aliphatic rings. The molecule has 0 atom stereocenters. The highest BCUT2D eigenvalue weighted by Crippen LogP contribution is 2.13. The van der Waals surface area contributed by atoms with Gasteiger partial charge in [-0.05, 0) is 30.6 Å². The van der Waals surface area contributed by atoms with Gasteiger partial charge >= 0.3 is 0 Å². The van der Waals surface area contributed by atoms with Crippen LogP contribution in [0, 0.1) is 5.92 Å². The number of aryl methyl sites for hydroxylation is 1. The Hall–Kier alpha value is -2.52. The van der Waals surface area contributed by atoms with Crippen LogP contribution in [0.5, 0.6) is 0 Å². The molecule has 1 heterocycles. The normalized spacial score (nSPS) is 10.8. The second kappa shape index (κ2) is 9.98. The van der Waals surface area contributed by atoms with E-state index in [1.807, 2.05) is 0 Å². The van der Waals surface area contributed by atoms with Crippen LogP contribution in [0.1, 0.15) is 30.8 Å². The molecule has 0 saturated heterocycles. The van der Waals surface area contributed by atoms with E-state index in [0.29, 0.717) is 36.4 Å². The van der Waals surface area contributed by atoms with E-state index < -0.39 is 5.91 Å². The monoisotopic (exact) mass is 391 g/mol. The summed E-state index contributed by atoms with van der Waals surface area (Å²) in [6.45, 7) is 5.59. The smallest absolute Gasteiger partial charge is 0.290 e. The second-order valence-electron chi connectivity index (χ2n) is 6.43. The van der Waals surface area contributed by atoms with Gasteiger partial charge in [0.05, 0.1) is 12.0 Å². The minimum atomic E-state index is -0.472. The van der Waals surface area contributed by atoms with Crippen LogP contribution in [-0.2, 0) is 11.3 Å². The van der Waals surface area contributed by atoms with Crippen molar-refractivity contribution in [1.82, 2.24) is 25.9 Å². The number of methoxy groups -OCH3 is 1. The lowest BCUT2D eigenvalue weighted by atomic mass is 10.1. The topological polar surface area (TPSA) is 97.3 Å². The van der Waals surface area contributed by atoms with Crippen molar-refractivity contribution in [3.63, 3.8) is 0 Å². The van der Waals surface area contributed by atoms with Crippen molar-refractivity contribution >= 4 is 34.0 Å². The third kappa shape index (κ3) is 5.73. The molecule has 0 fully saturated rings. The molecule has 3 N–H and O–H groups in total. The number of amides is 1. The number of hydrogen-bond acceptors (Lipinski definition) is 5. The van der Waals surface area contributed by atoms with E-state index in [2.05, 4.69) is 35.1 Å². The molecule has 1 aromatic carbocycles. The number of rotatable bonds is 7. The van der Waals surface area contributed by atoms with E-state index in [-0.39, 0.29) is 16.4 Å². The first-order valence-corrected chi connectivity index (χ1v) is 9.17. The summed E-state index contributed by atoms with van der Waals surface area (Å²) < 4.78 is 6.27. The molecule has 1 amide bonds. The first kappa shape index (κ1) is 20.8. The lowest BCUT2D eigenvalue weighted by molar-refractivity contribution is 0.0938. The summed E-state index contributed by atoms with van der Waals surface area (Å²) >= 11 is 5.08. The Morgan fingerprint density at radius 3 is 2.63 bits per heavy atom. The van der Waals surface area contributed by atoms with Crippen molar-refractivity contribution in [2.24, 2.45) is 5.92 Å². The van der Waals surface area contributed by atoms with E-state index in [1.54, 1.807) is 31.4 Å². The minimum Gasteiger partial charge on any atom is -0.383 e. The molecule has 2 aromatic rings. The summed E-state index contributed by atoms with van der Waals surface area (Å²) in [5.74, 6) is -0.0555. The SMILES string of the molecule is COCCNC(=S)NNC(=O)c1nn(CCC(C)C)c(=O)c2ccccc12. The quantitative estimate of drug-likeness (QED) is 0.371. The Morgan fingerprint density at radius 2 is 1.96 bits per heavy atom. The highest BCUT2D eigenvalue weighted by Gasteiger charge is 2.17. The standard InChI is InChI=1S/C18H25N5O3S/c1-12(2)8-10-23-17(25)14-7-5-4-6-13(14)15(22-23)16(24)20-21-18(27)19-9-11-26-3/h4-7,12H,8-11H2,1-3H3,(H,20,24)(H2,19,21,27). The maximum atomic E-state index is 12.6. The second-order valence-corrected chi connectivity index (χ2v) is 6.84. The Kier molecular flexibility index (Phi) is 7.68. The summed E-state index contributed by atoms with van der Waals surface area (Å²) in [6.07, 6.45) is 0.790. The Labute approximate surface area is 163 Å². The zero-order valence-corrected chi connectivity index (χ0v) is 16.6. The molecule has 8 nitrogen and oxygen atoms in total. The predicted octanol–water partition coefficient (Wildman–Crippen LogP) is 1.20. The summed E-state index contributed by atoms with van der Waals surface area (Å²) in [5.41, 5.74) is 5.11. The van der Waals surface area contributed by atoms with Gasteiger partial charge in [-0.1, -0.05) is 32.0 Å². The number of ether oxygens (including phenoxy) is 1. The number of nitrogens with zero attached hydrogens (tertiary/aromatic N) is 2. The zero-order valence-electron chi connectivity index (χ0n) is 15.7. The van der Waals surface area contributed by atoms with Crippen molar-refractivity contribution in [2.75, 3.05) is 20.3 Å². The van der Waals surface area contributed by atoms with Gasteiger partial charge in [0.1, 0.15) is 0 Å². The van der Waals surface area contributed by atoms with Gasteiger partial charge in [0.2, 0.25) is 0 Å². The number of carbonyl (C=O) groups excluding carboxylic acids is 1. The van der Waals surface area contributed by atoms with Crippen LogP contribution in [0.3, 0.4) is 0 Å². The van der Waals surface area contributed by atoms with Crippen LogP contribution >= 0.6 is 12.2 Å². The van der Waals surface area contributed by atoms with Crippen LogP contribution in [0.4, 0.5) is 0 Å². The van der Waals surface area contributed by atoms with Crippen LogP contribution in [0.15, 0.2) is 29.1 Å². The molecule has 0 unspecified atom stereocenters. The number of aromatic nitrogens is 2. The van der Waals surface area contributed by atoms with Gasteiger partial charge in [0.15, 0.2) is 10.8 Å². The zero-order chi connectivity index (χ0) is 19.8. The molecular weight excluding hydrogens is 366 g/mol. The molecule has 0 radical (unpaired) electrons.